The van der Waals surface area contributed by atoms with Gasteiger partial charge in [-0.1, -0.05) is 12.1 Å². The molecule has 2 aromatic rings. The van der Waals surface area contributed by atoms with E-state index in [9.17, 15) is 9.59 Å². The van der Waals surface area contributed by atoms with Gasteiger partial charge in [0.2, 0.25) is 5.91 Å². The molecule has 1 aliphatic heterocycles. The van der Waals surface area contributed by atoms with Crippen LogP contribution in [0.5, 0.6) is 0 Å². The summed E-state index contributed by atoms with van der Waals surface area (Å²) < 4.78 is 5.75. The number of piperidine rings is 1. The molecule has 0 spiro atoms. The van der Waals surface area contributed by atoms with Gasteiger partial charge in [0.25, 0.3) is 5.91 Å². The average Bonchev–Trinajstić information content (AvgIpc) is 3.10. The zero-order valence-electron chi connectivity index (χ0n) is 15.6. The lowest BCUT2D eigenvalue weighted by Crippen LogP contribution is -2.47. The molecule has 1 fully saturated rings. The Bertz CT molecular complexity index is 801. The lowest BCUT2D eigenvalue weighted by atomic mass is 10.0. The molecule has 0 radical (unpaired) electrons. The number of hydrogen-bond acceptors (Lipinski definition) is 4. The van der Waals surface area contributed by atoms with Crippen molar-refractivity contribution in [1.29, 1.82) is 0 Å². The summed E-state index contributed by atoms with van der Waals surface area (Å²) in [5.41, 5.74) is 1.60. The van der Waals surface area contributed by atoms with Crippen molar-refractivity contribution in [3.63, 3.8) is 0 Å². The molecule has 0 bridgehead atoms. The molecule has 1 saturated heterocycles. The topological polar surface area (TPSA) is 65.8 Å². The van der Waals surface area contributed by atoms with Gasteiger partial charge in [-0.25, -0.2) is 0 Å². The van der Waals surface area contributed by atoms with Gasteiger partial charge in [0.1, 0.15) is 0 Å². The van der Waals surface area contributed by atoms with Crippen LogP contribution in [0.15, 0.2) is 45.5 Å². The van der Waals surface area contributed by atoms with Crippen molar-refractivity contribution in [1.82, 2.24) is 9.80 Å². The van der Waals surface area contributed by atoms with Crippen LogP contribution in [0.2, 0.25) is 0 Å². The van der Waals surface area contributed by atoms with Crippen LogP contribution in [0.4, 0.5) is 5.69 Å². The van der Waals surface area contributed by atoms with Gasteiger partial charge >= 0.3 is 0 Å². The van der Waals surface area contributed by atoms with E-state index in [1.165, 1.54) is 0 Å². The Hall–Kier alpha value is -2.12. The van der Waals surface area contributed by atoms with Gasteiger partial charge in [0.05, 0.1) is 6.42 Å². The maximum Gasteiger partial charge on any atom is 0.291 e. The van der Waals surface area contributed by atoms with E-state index in [1.54, 1.807) is 24.3 Å². The van der Waals surface area contributed by atoms with E-state index < -0.39 is 0 Å². The first-order valence-electron chi connectivity index (χ1n) is 9.02. The SMILES string of the molecule is CN(C)C1CCCN(C(=O)Cc2ccc(NC(=O)c3ccc(Br)o3)cc2)C1. The number of nitrogens with one attached hydrogen (secondary N) is 1. The van der Waals surface area contributed by atoms with E-state index >= 15 is 0 Å². The third kappa shape index (κ3) is 5.20. The lowest BCUT2D eigenvalue weighted by Gasteiger charge is -2.36. The number of anilines is 1. The summed E-state index contributed by atoms with van der Waals surface area (Å²) >= 11 is 3.18. The van der Waals surface area contributed by atoms with Crippen molar-refractivity contribution < 1.29 is 14.0 Å². The molecule has 1 aromatic heterocycles. The molecule has 7 heteroatoms. The van der Waals surface area contributed by atoms with Crippen LogP contribution >= 0.6 is 15.9 Å². The minimum atomic E-state index is -0.312. The first kappa shape index (κ1) is 19.6. The third-order valence-electron chi connectivity index (χ3n) is 4.84. The molecule has 1 atom stereocenters. The Morgan fingerprint density at radius 1 is 1.22 bits per heavy atom. The molecule has 0 aliphatic carbocycles. The van der Waals surface area contributed by atoms with Crippen LogP contribution in [-0.2, 0) is 11.2 Å². The summed E-state index contributed by atoms with van der Waals surface area (Å²) in [6, 6.07) is 11.1. The highest BCUT2D eigenvalue weighted by Gasteiger charge is 2.24. The fraction of sp³-hybridized carbons (Fsp3) is 0.400. The van der Waals surface area contributed by atoms with Crippen molar-refractivity contribution in [2.75, 3.05) is 32.5 Å². The predicted octanol–water partition coefficient (Wildman–Crippen LogP) is 3.39. The molecule has 1 aromatic carbocycles. The van der Waals surface area contributed by atoms with E-state index in [2.05, 4.69) is 40.2 Å². The number of furan rings is 1. The number of nitrogens with zero attached hydrogens (tertiary/aromatic N) is 2. The van der Waals surface area contributed by atoms with Crippen LogP contribution in [0.3, 0.4) is 0 Å². The normalized spacial score (nSPS) is 17.2. The Balaban J connectivity index is 1.55. The average molecular weight is 434 g/mol. The highest BCUT2D eigenvalue weighted by atomic mass is 79.9. The number of carbonyl (C=O) groups excluding carboxylic acids is 2. The summed E-state index contributed by atoms with van der Waals surface area (Å²) in [5, 5.41) is 2.78. The molecule has 1 aliphatic rings. The Morgan fingerprint density at radius 3 is 2.59 bits per heavy atom. The highest BCUT2D eigenvalue weighted by molar-refractivity contribution is 9.10. The van der Waals surface area contributed by atoms with Gasteiger partial charge in [0, 0.05) is 24.8 Å². The molecule has 1 N–H and O–H groups in total. The van der Waals surface area contributed by atoms with E-state index in [0.29, 0.717) is 22.8 Å². The summed E-state index contributed by atoms with van der Waals surface area (Å²) in [6.45, 7) is 1.62. The second-order valence-electron chi connectivity index (χ2n) is 7.03. The fourth-order valence-electron chi connectivity index (χ4n) is 3.22. The van der Waals surface area contributed by atoms with Crippen molar-refractivity contribution in [3.05, 3.63) is 52.4 Å². The van der Waals surface area contributed by atoms with Crippen LogP contribution in [0, 0.1) is 0 Å². The van der Waals surface area contributed by atoms with Crippen LogP contribution in [-0.4, -0.2) is 54.8 Å². The molecule has 1 unspecified atom stereocenters. The fourth-order valence-corrected chi connectivity index (χ4v) is 3.53. The van der Waals surface area contributed by atoms with Crippen LogP contribution < -0.4 is 5.32 Å². The minimum Gasteiger partial charge on any atom is -0.444 e. The molecular formula is C20H24BrN3O3. The van der Waals surface area contributed by atoms with E-state index in [1.807, 2.05) is 17.0 Å². The predicted molar refractivity (Wildman–Crippen MR) is 108 cm³/mol. The lowest BCUT2D eigenvalue weighted by molar-refractivity contribution is -0.132. The zero-order chi connectivity index (χ0) is 19.4. The number of halogens is 1. The maximum atomic E-state index is 12.6. The van der Waals surface area contributed by atoms with Gasteiger partial charge in [0.15, 0.2) is 10.4 Å². The Labute approximate surface area is 167 Å². The Morgan fingerprint density at radius 2 is 1.96 bits per heavy atom. The quantitative estimate of drug-likeness (QED) is 0.784. The molecule has 27 heavy (non-hydrogen) atoms. The van der Waals surface area contributed by atoms with Crippen molar-refractivity contribution in [3.8, 4) is 0 Å². The number of carbonyl (C=O) groups is 2. The molecule has 2 heterocycles. The number of likely N-dealkylation sites (tertiary alicyclic amines) is 1. The largest absolute Gasteiger partial charge is 0.444 e. The number of likely N-dealkylation sites (N-methyl/N-ethyl adjacent to an activating group) is 1. The van der Waals surface area contributed by atoms with Gasteiger partial charge in [-0.2, -0.15) is 0 Å². The summed E-state index contributed by atoms with van der Waals surface area (Å²) in [4.78, 5) is 28.8. The molecule has 144 valence electrons. The molecule has 2 amide bonds. The molecule has 6 nitrogen and oxygen atoms in total. The summed E-state index contributed by atoms with van der Waals surface area (Å²) in [7, 11) is 4.13. The first-order chi connectivity index (χ1) is 12.9. The Kier molecular flexibility index (Phi) is 6.34. The molecule has 3 rings (SSSR count). The van der Waals surface area contributed by atoms with Crippen molar-refractivity contribution in [2.45, 2.75) is 25.3 Å². The van der Waals surface area contributed by atoms with Crippen LogP contribution in [0.25, 0.3) is 0 Å². The van der Waals surface area contributed by atoms with E-state index in [-0.39, 0.29) is 17.6 Å². The monoisotopic (exact) mass is 433 g/mol. The maximum absolute atomic E-state index is 12.6. The number of rotatable bonds is 5. The second kappa shape index (κ2) is 8.71. The van der Waals surface area contributed by atoms with Gasteiger partial charge in [-0.15, -0.1) is 0 Å². The number of benzene rings is 1. The van der Waals surface area contributed by atoms with Crippen molar-refractivity contribution in [2.24, 2.45) is 0 Å². The standard InChI is InChI=1S/C20H24BrN3O3/c1-23(2)16-4-3-11-24(13-16)19(25)12-14-5-7-15(8-6-14)22-20(26)17-9-10-18(21)27-17/h5-10,16H,3-4,11-13H2,1-2H3,(H,22,26). The second-order valence-corrected chi connectivity index (χ2v) is 7.81. The van der Waals surface area contributed by atoms with Crippen LogP contribution in [0.1, 0.15) is 29.0 Å². The van der Waals surface area contributed by atoms with Crippen molar-refractivity contribution >= 4 is 33.4 Å². The summed E-state index contributed by atoms with van der Waals surface area (Å²) in [6.07, 6.45) is 2.55. The summed E-state index contributed by atoms with van der Waals surface area (Å²) in [5.74, 6) is 0.0769. The minimum absolute atomic E-state index is 0.152. The van der Waals surface area contributed by atoms with E-state index in [0.717, 1.165) is 31.5 Å². The zero-order valence-corrected chi connectivity index (χ0v) is 17.2. The first-order valence-corrected chi connectivity index (χ1v) is 9.81. The smallest absolute Gasteiger partial charge is 0.291 e. The highest BCUT2D eigenvalue weighted by Crippen LogP contribution is 2.18. The molecular weight excluding hydrogens is 410 g/mol. The third-order valence-corrected chi connectivity index (χ3v) is 5.27. The van der Waals surface area contributed by atoms with Gasteiger partial charge < -0.3 is 19.5 Å². The molecule has 0 saturated carbocycles. The number of amides is 2. The number of hydrogen-bond donors (Lipinski definition) is 1. The van der Waals surface area contributed by atoms with E-state index in [4.69, 9.17) is 4.42 Å². The van der Waals surface area contributed by atoms with Gasteiger partial charge in [-0.05, 0) is 72.7 Å². The van der Waals surface area contributed by atoms with Gasteiger partial charge in [-0.3, -0.25) is 9.59 Å².